The van der Waals surface area contributed by atoms with Crippen LogP contribution in [0.15, 0.2) is 42.6 Å². The number of benzene rings is 1. The van der Waals surface area contributed by atoms with E-state index in [9.17, 15) is 9.18 Å². The standard InChI is InChI=1S/C22H21FN4O/c1-13-7-17(23)3-4-18(13)20-6-5-19(24)21(26-20)9-22(28)27-11-15-8-14(2)25-10-16(15)12-27/h3-8,10H,9,11-12,24H2,1-2H3. The summed E-state index contributed by atoms with van der Waals surface area (Å²) in [7, 11) is 0. The molecule has 0 unspecified atom stereocenters. The zero-order valence-electron chi connectivity index (χ0n) is 15.9. The topological polar surface area (TPSA) is 72.1 Å². The zero-order chi connectivity index (χ0) is 19.8. The Bertz CT molecular complexity index is 1080. The minimum atomic E-state index is -0.287. The Morgan fingerprint density at radius 3 is 2.71 bits per heavy atom. The Hall–Kier alpha value is -3.28. The number of amides is 1. The van der Waals surface area contributed by atoms with Gasteiger partial charge in [0.1, 0.15) is 5.82 Å². The summed E-state index contributed by atoms with van der Waals surface area (Å²) in [5.74, 6) is -0.313. The monoisotopic (exact) mass is 376 g/mol. The summed E-state index contributed by atoms with van der Waals surface area (Å²) >= 11 is 0. The van der Waals surface area contributed by atoms with Gasteiger partial charge in [-0.2, -0.15) is 0 Å². The van der Waals surface area contributed by atoms with E-state index in [2.05, 4.69) is 9.97 Å². The Morgan fingerprint density at radius 1 is 1.14 bits per heavy atom. The minimum absolute atomic E-state index is 0.0268. The fraction of sp³-hybridized carbons (Fsp3) is 0.227. The Kier molecular flexibility index (Phi) is 4.55. The number of aromatic nitrogens is 2. The lowest BCUT2D eigenvalue weighted by Gasteiger charge is -2.16. The molecule has 5 nitrogen and oxygen atoms in total. The number of halogens is 1. The summed E-state index contributed by atoms with van der Waals surface area (Å²) in [4.78, 5) is 23.5. The van der Waals surface area contributed by atoms with Crippen LogP contribution in [0.5, 0.6) is 0 Å². The largest absolute Gasteiger partial charge is 0.397 e. The van der Waals surface area contributed by atoms with Gasteiger partial charge >= 0.3 is 0 Å². The first kappa shape index (κ1) is 18.1. The van der Waals surface area contributed by atoms with Crippen LogP contribution in [0.2, 0.25) is 0 Å². The van der Waals surface area contributed by atoms with Gasteiger partial charge in [0.2, 0.25) is 5.91 Å². The van der Waals surface area contributed by atoms with Gasteiger partial charge in [-0.1, -0.05) is 0 Å². The van der Waals surface area contributed by atoms with Crippen LogP contribution in [0.4, 0.5) is 10.1 Å². The summed E-state index contributed by atoms with van der Waals surface area (Å²) in [6, 6.07) is 10.1. The predicted molar refractivity (Wildman–Crippen MR) is 106 cm³/mol. The molecule has 0 saturated carbocycles. The molecular formula is C22H21FN4O. The molecule has 3 aromatic rings. The van der Waals surface area contributed by atoms with Crippen LogP contribution in [0.1, 0.15) is 28.1 Å². The summed E-state index contributed by atoms with van der Waals surface area (Å²) in [5, 5.41) is 0. The van der Waals surface area contributed by atoms with Gasteiger partial charge in [0.15, 0.2) is 0 Å². The van der Waals surface area contributed by atoms with Gasteiger partial charge in [0.05, 0.1) is 23.5 Å². The molecule has 0 spiro atoms. The minimum Gasteiger partial charge on any atom is -0.397 e. The second-order valence-electron chi connectivity index (χ2n) is 7.21. The number of carbonyl (C=O) groups is 1. The molecule has 1 amide bonds. The van der Waals surface area contributed by atoms with Crippen molar-refractivity contribution < 1.29 is 9.18 Å². The van der Waals surface area contributed by atoms with Crippen molar-refractivity contribution in [1.29, 1.82) is 0 Å². The number of hydrogen-bond donors (Lipinski definition) is 1. The fourth-order valence-electron chi connectivity index (χ4n) is 3.55. The summed E-state index contributed by atoms with van der Waals surface area (Å²) in [6.07, 6.45) is 1.96. The molecule has 0 saturated heterocycles. The second kappa shape index (κ2) is 7.03. The number of rotatable bonds is 3. The van der Waals surface area contributed by atoms with E-state index >= 15 is 0 Å². The maximum Gasteiger partial charge on any atom is 0.229 e. The number of aryl methyl sites for hydroxylation is 2. The van der Waals surface area contributed by atoms with E-state index in [4.69, 9.17) is 5.73 Å². The van der Waals surface area contributed by atoms with E-state index in [1.165, 1.54) is 12.1 Å². The Balaban J connectivity index is 1.56. The molecule has 0 fully saturated rings. The van der Waals surface area contributed by atoms with Gasteiger partial charge in [-0.25, -0.2) is 4.39 Å². The molecule has 28 heavy (non-hydrogen) atoms. The van der Waals surface area contributed by atoms with E-state index in [1.807, 2.05) is 26.1 Å². The lowest BCUT2D eigenvalue weighted by atomic mass is 10.0. The van der Waals surface area contributed by atoms with Gasteiger partial charge in [-0.15, -0.1) is 0 Å². The smallest absolute Gasteiger partial charge is 0.229 e. The van der Waals surface area contributed by atoms with E-state index < -0.39 is 0 Å². The van der Waals surface area contributed by atoms with Gasteiger partial charge in [0.25, 0.3) is 0 Å². The number of nitrogens with zero attached hydrogens (tertiary/aromatic N) is 3. The van der Waals surface area contributed by atoms with Crippen LogP contribution < -0.4 is 5.73 Å². The van der Waals surface area contributed by atoms with Crippen molar-refractivity contribution in [2.75, 3.05) is 5.73 Å². The highest BCUT2D eigenvalue weighted by Gasteiger charge is 2.24. The van der Waals surface area contributed by atoms with Crippen molar-refractivity contribution in [1.82, 2.24) is 14.9 Å². The number of fused-ring (bicyclic) bond motifs is 1. The first-order chi connectivity index (χ1) is 13.4. The highest BCUT2D eigenvalue weighted by molar-refractivity contribution is 5.81. The van der Waals surface area contributed by atoms with Crippen molar-refractivity contribution in [3.05, 3.63) is 76.5 Å². The zero-order valence-corrected chi connectivity index (χ0v) is 15.9. The van der Waals surface area contributed by atoms with E-state index in [1.54, 1.807) is 23.1 Å². The molecule has 4 rings (SSSR count). The number of anilines is 1. The van der Waals surface area contributed by atoms with Gasteiger partial charge < -0.3 is 10.6 Å². The van der Waals surface area contributed by atoms with Crippen LogP contribution in [0.25, 0.3) is 11.3 Å². The number of nitrogens with two attached hydrogens (primary N) is 1. The molecule has 0 radical (unpaired) electrons. The SMILES string of the molecule is Cc1cc2c(cn1)CN(C(=O)Cc1nc(-c3ccc(F)cc3C)ccc1N)C2. The molecular weight excluding hydrogens is 355 g/mol. The molecule has 142 valence electrons. The fourth-order valence-corrected chi connectivity index (χ4v) is 3.55. The van der Waals surface area contributed by atoms with Crippen LogP contribution in [0.3, 0.4) is 0 Å². The molecule has 2 N–H and O–H groups in total. The highest BCUT2D eigenvalue weighted by atomic mass is 19.1. The lowest BCUT2D eigenvalue weighted by Crippen LogP contribution is -2.27. The molecule has 1 aliphatic heterocycles. The molecule has 6 heteroatoms. The number of hydrogen-bond acceptors (Lipinski definition) is 4. The summed E-state index contributed by atoms with van der Waals surface area (Å²) in [6.45, 7) is 4.91. The highest BCUT2D eigenvalue weighted by Crippen LogP contribution is 2.26. The third kappa shape index (κ3) is 3.45. The molecule has 0 bridgehead atoms. The summed E-state index contributed by atoms with van der Waals surface area (Å²) in [5.41, 5.74) is 12.5. The first-order valence-electron chi connectivity index (χ1n) is 9.15. The lowest BCUT2D eigenvalue weighted by molar-refractivity contribution is -0.131. The maximum atomic E-state index is 13.4. The molecule has 0 atom stereocenters. The van der Waals surface area contributed by atoms with Crippen LogP contribution in [-0.4, -0.2) is 20.8 Å². The van der Waals surface area contributed by atoms with Crippen LogP contribution in [0, 0.1) is 19.7 Å². The number of nitrogen functional groups attached to an aromatic ring is 1. The van der Waals surface area contributed by atoms with Crippen LogP contribution in [-0.2, 0) is 24.3 Å². The van der Waals surface area contributed by atoms with Crippen molar-refractivity contribution in [2.24, 2.45) is 0 Å². The number of pyridine rings is 2. The molecule has 0 aliphatic carbocycles. The average molecular weight is 376 g/mol. The van der Waals surface area contributed by atoms with Gasteiger partial charge in [0, 0.05) is 30.5 Å². The molecule has 1 aromatic carbocycles. The maximum absolute atomic E-state index is 13.4. The molecule has 3 heterocycles. The third-order valence-electron chi connectivity index (χ3n) is 5.09. The second-order valence-corrected chi connectivity index (χ2v) is 7.21. The van der Waals surface area contributed by atoms with Crippen molar-refractivity contribution >= 4 is 11.6 Å². The summed E-state index contributed by atoms with van der Waals surface area (Å²) < 4.78 is 13.4. The number of carbonyl (C=O) groups excluding carboxylic acids is 1. The molecule has 2 aromatic heterocycles. The van der Waals surface area contributed by atoms with E-state index in [-0.39, 0.29) is 18.1 Å². The van der Waals surface area contributed by atoms with Gasteiger partial charge in [-0.3, -0.25) is 14.8 Å². The molecule has 1 aliphatic rings. The van der Waals surface area contributed by atoms with E-state index in [0.717, 1.165) is 27.9 Å². The Labute approximate surface area is 163 Å². The normalized spacial score (nSPS) is 12.9. The quantitative estimate of drug-likeness (QED) is 0.759. The van der Waals surface area contributed by atoms with Crippen molar-refractivity contribution in [3.8, 4) is 11.3 Å². The van der Waals surface area contributed by atoms with Crippen molar-refractivity contribution in [3.63, 3.8) is 0 Å². The first-order valence-corrected chi connectivity index (χ1v) is 9.15. The van der Waals surface area contributed by atoms with E-state index in [0.29, 0.717) is 30.2 Å². The predicted octanol–water partition coefficient (Wildman–Crippen LogP) is 3.57. The van der Waals surface area contributed by atoms with Crippen molar-refractivity contribution in [2.45, 2.75) is 33.4 Å². The van der Waals surface area contributed by atoms with Gasteiger partial charge in [-0.05, 0) is 66.9 Å². The Morgan fingerprint density at radius 2 is 1.93 bits per heavy atom. The van der Waals surface area contributed by atoms with Crippen LogP contribution >= 0.6 is 0 Å². The third-order valence-corrected chi connectivity index (χ3v) is 5.09. The average Bonchev–Trinajstić information content (AvgIpc) is 3.07.